The Morgan fingerprint density at radius 2 is 2.17 bits per heavy atom. The molecule has 0 radical (unpaired) electrons. The van der Waals surface area contributed by atoms with Crippen LogP contribution in [0, 0.1) is 5.92 Å². The van der Waals surface area contributed by atoms with Gasteiger partial charge in [-0.25, -0.2) is 0 Å². The van der Waals surface area contributed by atoms with Crippen molar-refractivity contribution >= 4 is 11.6 Å². The summed E-state index contributed by atoms with van der Waals surface area (Å²) in [7, 11) is 0. The van der Waals surface area contributed by atoms with Gasteiger partial charge in [0.15, 0.2) is 0 Å². The Morgan fingerprint density at radius 3 is 2.78 bits per heavy atom. The molecule has 100 valence electrons. The molecule has 0 saturated carbocycles. The summed E-state index contributed by atoms with van der Waals surface area (Å²) in [6.07, 6.45) is 0.678. The van der Waals surface area contributed by atoms with Gasteiger partial charge in [0.1, 0.15) is 5.75 Å². The maximum atomic E-state index is 11.8. The number of carbonyl (C=O) groups is 1. The number of carbonyl (C=O) groups excluding carboxylic acids is 1. The number of hydrogen-bond donors (Lipinski definition) is 2. The monoisotopic (exact) mass is 250 g/mol. The molecule has 1 aromatic carbocycles. The summed E-state index contributed by atoms with van der Waals surface area (Å²) in [5, 5.41) is 2.80. The van der Waals surface area contributed by atoms with E-state index in [1.807, 2.05) is 39.0 Å². The predicted octanol–water partition coefficient (Wildman–Crippen LogP) is 2.40. The largest absolute Gasteiger partial charge is 0.494 e. The smallest absolute Gasteiger partial charge is 0.241 e. The second kappa shape index (κ2) is 7.01. The molecular weight excluding hydrogens is 228 g/mol. The normalized spacial score (nSPS) is 12.3. The average molecular weight is 250 g/mol. The summed E-state index contributed by atoms with van der Waals surface area (Å²) in [4.78, 5) is 11.8. The number of ether oxygens (including phenoxy) is 1. The van der Waals surface area contributed by atoms with Gasteiger partial charge in [0.2, 0.25) is 5.91 Å². The number of nitrogens with two attached hydrogens (primary N) is 1. The van der Waals surface area contributed by atoms with Crippen molar-refractivity contribution < 1.29 is 9.53 Å². The summed E-state index contributed by atoms with van der Waals surface area (Å²) in [6.45, 7) is 6.61. The number of hydrogen-bond acceptors (Lipinski definition) is 3. The molecule has 0 fully saturated rings. The molecule has 0 aliphatic heterocycles. The molecule has 18 heavy (non-hydrogen) atoms. The van der Waals surface area contributed by atoms with Gasteiger partial charge in [-0.2, -0.15) is 0 Å². The van der Waals surface area contributed by atoms with Crippen LogP contribution in [0.5, 0.6) is 5.75 Å². The van der Waals surface area contributed by atoms with Crippen molar-refractivity contribution in [2.24, 2.45) is 11.7 Å². The van der Waals surface area contributed by atoms with Gasteiger partial charge in [0.05, 0.1) is 12.6 Å². The molecule has 0 heterocycles. The standard InChI is InChI=1S/C14H22N2O2/c1-4-18-12-7-5-6-11(9-12)16-14(17)13(15)8-10(2)3/h5-7,9-10,13H,4,8,15H2,1-3H3,(H,16,17). The van der Waals surface area contributed by atoms with Crippen molar-refractivity contribution in [1.29, 1.82) is 0 Å². The van der Waals surface area contributed by atoms with Crippen molar-refractivity contribution in [3.8, 4) is 5.75 Å². The zero-order chi connectivity index (χ0) is 13.5. The van der Waals surface area contributed by atoms with Gasteiger partial charge in [0, 0.05) is 11.8 Å². The molecule has 4 heteroatoms. The van der Waals surface area contributed by atoms with Crippen LogP contribution < -0.4 is 15.8 Å². The second-order valence-electron chi connectivity index (χ2n) is 4.69. The summed E-state index contributed by atoms with van der Waals surface area (Å²) < 4.78 is 5.37. The molecule has 0 saturated heterocycles. The van der Waals surface area contributed by atoms with E-state index in [2.05, 4.69) is 5.32 Å². The van der Waals surface area contributed by atoms with Gasteiger partial charge >= 0.3 is 0 Å². The van der Waals surface area contributed by atoms with Gasteiger partial charge in [0.25, 0.3) is 0 Å². The first kappa shape index (κ1) is 14.5. The summed E-state index contributed by atoms with van der Waals surface area (Å²) >= 11 is 0. The van der Waals surface area contributed by atoms with E-state index in [-0.39, 0.29) is 5.91 Å². The lowest BCUT2D eigenvalue weighted by atomic mass is 10.0. The lowest BCUT2D eigenvalue weighted by Crippen LogP contribution is -2.36. The van der Waals surface area contributed by atoms with E-state index in [9.17, 15) is 4.79 Å². The van der Waals surface area contributed by atoms with E-state index in [1.165, 1.54) is 0 Å². The van der Waals surface area contributed by atoms with Crippen LogP contribution in [-0.4, -0.2) is 18.6 Å². The highest BCUT2D eigenvalue weighted by Crippen LogP contribution is 2.17. The molecule has 0 aliphatic rings. The molecule has 0 spiro atoms. The average Bonchev–Trinajstić information content (AvgIpc) is 2.29. The Hall–Kier alpha value is -1.55. The molecule has 1 aromatic rings. The molecule has 1 unspecified atom stereocenters. The summed E-state index contributed by atoms with van der Waals surface area (Å²) in [6, 6.07) is 6.84. The highest BCUT2D eigenvalue weighted by atomic mass is 16.5. The molecular formula is C14H22N2O2. The third-order valence-electron chi connectivity index (χ3n) is 2.47. The number of rotatable bonds is 6. The van der Waals surface area contributed by atoms with Crippen LogP contribution in [0.1, 0.15) is 27.2 Å². The highest BCUT2D eigenvalue weighted by molar-refractivity contribution is 5.94. The Labute approximate surface area is 109 Å². The Balaban J connectivity index is 2.61. The van der Waals surface area contributed by atoms with Gasteiger partial charge in [-0.3, -0.25) is 4.79 Å². The minimum Gasteiger partial charge on any atom is -0.494 e. The van der Waals surface area contributed by atoms with Crippen molar-refractivity contribution in [2.75, 3.05) is 11.9 Å². The van der Waals surface area contributed by atoms with Crippen LogP contribution in [-0.2, 0) is 4.79 Å². The topological polar surface area (TPSA) is 64.3 Å². The number of nitrogens with one attached hydrogen (secondary N) is 1. The van der Waals surface area contributed by atoms with E-state index in [0.29, 0.717) is 24.6 Å². The first-order valence-electron chi connectivity index (χ1n) is 6.32. The van der Waals surface area contributed by atoms with Crippen molar-refractivity contribution in [3.05, 3.63) is 24.3 Å². The van der Waals surface area contributed by atoms with E-state index >= 15 is 0 Å². The maximum Gasteiger partial charge on any atom is 0.241 e. The zero-order valence-electron chi connectivity index (χ0n) is 11.3. The molecule has 1 rings (SSSR count). The minimum absolute atomic E-state index is 0.155. The van der Waals surface area contributed by atoms with Crippen LogP contribution in [0.25, 0.3) is 0 Å². The van der Waals surface area contributed by atoms with E-state index in [4.69, 9.17) is 10.5 Å². The summed E-state index contributed by atoms with van der Waals surface area (Å²) in [5.74, 6) is 0.991. The van der Waals surface area contributed by atoms with Gasteiger partial charge in [-0.15, -0.1) is 0 Å². The minimum atomic E-state index is -0.472. The second-order valence-corrected chi connectivity index (χ2v) is 4.69. The van der Waals surface area contributed by atoms with Gasteiger partial charge in [-0.05, 0) is 31.4 Å². The van der Waals surface area contributed by atoms with E-state index < -0.39 is 6.04 Å². The van der Waals surface area contributed by atoms with Crippen molar-refractivity contribution in [1.82, 2.24) is 0 Å². The first-order chi connectivity index (χ1) is 8.52. The highest BCUT2D eigenvalue weighted by Gasteiger charge is 2.15. The molecule has 1 amide bonds. The molecule has 0 aromatic heterocycles. The zero-order valence-corrected chi connectivity index (χ0v) is 11.3. The fourth-order valence-electron chi connectivity index (χ4n) is 1.68. The van der Waals surface area contributed by atoms with Crippen LogP contribution in [0.15, 0.2) is 24.3 Å². The fraction of sp³-hybridized carbons (Fsp3) is 0.500. The molecule has 3 N–H and O–H groups in total. The van der Waals surface area contributed by atoms with E-state index in [1.54, 1.807) is 6.07 Å². The van der Waals surface area contributed by atoms with Gasteiger partial charge in [-0.1, -0.05) is 19.9 Å². The third kappa shape index (κ3) is 4.75. The first-order valence-corrected chi connectivity index (χ1v) is 6.32. The molecule has 4 nitrogen and oxygen atoms in total. The lowest BCUT2D eigenvalue weighted by molar-refractivity contribution is -0.117. The van der Waals surface area contributed by atoms with Crippen LogP contribution >= 0.6 is 0 Å². The van der Waals surface area contributed by atoms with Gasteiger partial charge < -0.3 is 15.8 Å². The lowest BCUT2D eigenvalue weighted by Gasteiger charge is -2.14. The van der Waals surface area contributed by atoms with Crippen LogP contribution in [0.3, 0.4) is 0 Å². The molecule has 0 aliphatic carbocycles. The molecule has 0 bridgehead atoms. The number of amides is 1. The number of benzene rings is 1. The maximum absolute atomic E-state index is 11.8. The quantitative estimate of drug-likeness (QED) is 0.814. The van der Waals surface area contributed by atoms with Crippen LogP contribution in [0.4, 0.5) is 5.69 Å². The SMILES string of the molecule is CCOc1cccc(NC(=O)C(N)CC(C)C)c1. The summed E-state index contributed by atoms with van der Waals surface area (Å²) in [5.41, 5.74) is 6.53. The van der Waals surface area contributed by atoms with Crippen molar-refractivity contribution in [3.63, 3.8) is 0 Å². The van der Waals surface area contributed by atoms with Crippen molar-refractivity contribution in [2.45, 2.75) is 33.2 Å². The number of anilines is 1. The third-order valence-corrected chi connectivity index (χ3v) is 2.47. The Morgan fingerprint density at radius 1 is 1.44 bits per heavy atom. The Bertz CT molecular complexity index is 391. The molecule has 1 atom stereocenters. The Kier molecular flexibility index (Phi) is 5.65. The predicted molar refractivity (Wildman–Crippen MR) is 73.7 cm³/mol. The van der Waals surface area contributed by atoms with E-state index in [0.717, 1.165) is 5.75 Å². The fourth-order valence-corrected chi connectivity index (χ4v) is 1.68. The van der Waals surface area contributed by atoms with Crippen LogP contribution in [0.2, 0.25) is 0 Å².